The molecule has 0 aromatic heterocycles. The number of amides is 1. The number of nitrogens with zero attached hydrogens (tertiary/aromatic N) is 1. The Kier molecular flexibility index (Phi) is 7.26. The molecule has 2 bridgehead atoms. The van der Waals surface area contributed by atoms with Crippen molar-refractivity contribution in [3.8, 4) is 11.5 Å². The first kappa shape index (κ1) is 24.1. The van der Waals surface area contributed by atoms with Crippen LogP contribution in [-0.4, -0.2) is 36.1 Å². The number of halogens is 1. The van der Waals surface area contributed by atoms with Gasteiger partial charge in [-0.3, -0.25) is 4.79 Å². The minimum atomic E-state index is 0.0909. The van der Waals surface area contributed by atoms with Crippen LogP contribution in [0.2, 0.25) is 5.02 Å². The molecule has 2 unspecified atom stereocenters. The number of aryl methyl sites for hydroxylation is 1. The molecule has 2 heterocycles. The van der Waals surface area contributed by atoms with Gasteiger partial charge in [0.2, 0.25) is 0 Å². The van der Waals surface area contributed by atoms with Gasteiger partial charge in [-0.1, -0.05) is 29.8 Å². The third kappa shape index (κ3) is 5.46. The zero-order chi connectivity index (χ0) is 24.4. The lowest BCUT2D eigenvalue weighted by Crippen LogP contribution is -2.49. The number of thioether (sulfide) groups is 1. The molecule has 0 aliphatic carbocycles. The van der Waals surface area contributed by atoms with Crippen molar-refractivity contribution in [3.05, 3.63) is 88.4 Å². The summed E-state index contributed by atoms with van der Waals surface area (Å²) in [4.78, 5) is 16.7. The highest BCUT2D eigenvalue weighted by Gasteiger charge is 2.44. The van der Waals surface area contributed by atoms with Gasteiger partial charge in [0.1, 0.15) is 17.6 Å². The van der Waals surface area contributed by atoms with E-state index in [1.54, 1.807) is 18.9 Å². The number of hydrogen-bond donors (Lipinski definition) is 0. The number of hydrogen-bond acceptors (Lipinski definition) is 4. The van der Waals surface area contributed by atoms with Gasteiger partial charge < -0.3 is 14.4 Å². The summed E-state index contributed by atoms with van der Waals surface area (Å²) in [5.41, 5.74) is 3.10. The maximum Gasteiger partial charge on any atom is 0.254 e. The lowest BCUT2D eigenvalue weighted by atomic mass is 9.98. The molecule has 0 N–H and O–H groups in total. The molecular weight excluding hydrogens is 478 g/mol. The molecule has 0 radical (unpaired) electrons. The maximum atomic E-state index is 13.4. The highest BCUT2D eigenvalue weighted by molar-refractivity contribution is 7.98. The van der Waals surface area contributed by atoms with E-state index in [1.165, 1.54) is 10.5 Å². The number of methoxy groups -OCH3 is 1. The molecule has 4 nitrogen and oxygen atoms in total. The second-order valence-corrected chi connectivity index (χ2v) is 10.9. The van der Waals surface area contributed by atoms with Crippen molar-refractivity contribution in [1.82, 2.24) is 4.90 Å². The Morgan fingerprint density at radius 1 is 1.00 bits per heavy atom. The van der Waals surface area contributed by atoms with Crippen LogP contribution in [0, 0.1) is 6.92 Å². The van der Waals surface area contributed by atoms with E-state index >= 15 is 0 Å². The van der Waals surface area contributed by atoms with Gasteiger partial charge in [0, 0.05) is 41.1 Å². The van der Waals surface area contributed by atoms with Crippen LogP contribution in [0.4, 0.5) is 0 Å². The first-order valence-corrected chi connectivity index (χ1v) is 13.5. The molecule has 6 heteroatoms. The summed E-state index contributed by atoms with van der Waals surface area (Å²) in [6, 6.07) is 22.5. The molecule has 182 valence electrons. The van der Waals surface area contributed by atoms with Crippen LogP contribution in [0.3, 0.4) is 0 Å². The Morgan fingerprint density at radius 2 is 1.69 bits per heavy atom. The molecule has 5 rings (SSSR count). The van der Waals surface area contributed by atoms with Gasteiger partial charge >= 0.3 is 0 Å². The smallest absolute Gasteiger partial charge is 0.254 e. The van der Waals surface area contributed by atoms with E-state index in [4.69, 9.17) is 21.1 Å². The summed E-state index contributed by atoms with van der Waals surface area (Å²) in [6.45, 7) is 2.04. The van der Waals surface area contributed by atoms with Crippen LogP contribution in [0.25, 0.3) is 0 Å². The van der Waals surface area contributed by atoms with E-state index in [1.807, 2.05) is 49.4 Å². The van der Waals surface area contributed by atoms with Crippen molar-refractivity contribution < 1.29 is 14.3 Å². The number of piperidine rings is 1. The largest absolute Gasteiger partial charge is 0.497 e. The van der Waals surface area contributed by atoms with Crippen molar-refractivity contribution in [2.45, 2.75) is 61.4 Å². The maximum absolute atomic E-state index is 13.4. The van der Waals surface area contributed by atoms with Crippen LogP contribution in [0.15, 0.2) is 71.6 Å². The van der Waals surface area contributed by atoms with E-state index in [0.29, 0.717) is 5.02 Å². The summed E-state index contributed by atoms with van der Waals surface area (Å²) in [5, 5.41) is 0.645. The average molecular weight is 508 g/mol. The Bertz CT molecular complexity index is 1170. The molecule has 2 atom stereocenters. The summed E-state index contributed by atoms with van der Waals surface area (Å²) in [5.74, 6) is 2.61. The molecule has 3 aromatic rings. The molecule has 2 aliphatic heterocycles. The lowest BCUT2D eigenvalue weighted by Gasteiger charge is -2.39. The van der Waals surface area contributed by atoms with E-state index in [2.05, 4.69) is 29.2 Å². The molecule has 2 fully saturated rings. The van der Waals surface area contributed by atoms with Crippen molar-refractivity contribution >= 4 is 29.3 Å². The summed E-state index contributed by atoms with van der Waals surface area (Å²) < 4.78 is 11.5. The molecule has 3 aromatic carbocycles. The van der Waals surface area contributed by atoms with Gasteiger partial charge in [-0.25, -0.2) is 0 Å². The number of ether oxygens (including phenoxy) is 2. The van der Waals surface area contributed by atoms with E-state index in [9.17, 15) is 4.79 Å². The van der Waals surface area contributed by atoms with E-state index in [-0.39, 0.29) is 24.1 Å². The molecule has 0 spiro atoms. The van der Waals surface area contributed by atoms with Crippen molar-refractivity contribution in [2.75, 3.05) is 7.11 Å². The highest BCUT2D eigenvalue weighted by atomic mass is 35.5. The molecule has 2 aliphatic rings. The summed E-state index contributed by atoms with van der Waals surface area (Å²) in [6.07, 6.45) is 3.86. The fourth-order valence-electron chi connectivity index (χ4n) is 5.17. The van der Waals surface area contributed by atoms with Gasteiger partial charge in [0.15, 0.2) is 0 Å². The number of rotatable bonds is 7. The number of carbonyl (C=O) groups is 1. The average Bonchev–Trinajstić information content (AvgIpc) is 3.15. The van der Waals surface area contributed by atoms with Gasteiger partial charge in [-0.05, 0) is 79.4 Å². The Labute approximate surface area is 216 Å². The van der Waals surface area contributed by atoms with Crippen LogP contribution in [-0.2, 0) is 5.75 Å². The third-order valence-electron chi connectivity index (χ3n) is 6.97. The Balaban J connectivity index is 1.19. The summed E-state index contributed by atoms with van der Waals surface area (Å²) >= 11 is 8.12. The summed E-state index contributed by atoms with van der Waals surface area (Å²) in [7, 11) is 1.67. The van der Waals surface area contributed by atoms with Gasteiger partial charge in [0.25, 0.3) is 5.91 Å². The van der Waals surface area contributed by atoms with Crippen molar-refractivity contribution in [2.24, 2.45) is 0 Å². The first-order valence-electron chi connectivity index (χ1n) is 12.1. The standard InChI is InChI=1S/C29H30ClNO3S/c1-19-3-14-27(30)28(15-19)34-25-16-22-8-9-23(17-25)31(22)29(32)21-6-4-20(5-7-21)18-35-26-12-10-24(33-2)11-13-26/h3-7,10-15,22-23,25H,8-9,16-18H2,1-2H3. The topological polar surface area (TPSA) is 38.8 Å². The second-order valence-electron chi connectivity index (χ2n) is 9.40. The second kappa shape index (κ2) is 10.5. The van der Waals surface area contributed by atoms with Crippen LogP contribution in [0.5, 0.6) is 11.5 Å². The molecule has 35 heavy (non-hydrogen) atoms. The Hall–Kier alpha value is -2.63. The predicted octanol–water partition coefficient (Wildman–Crippen LogP) is 7.16. The van der Waals surface area contributed by atoms with Crippen LogP contribution in [0.1, 0.15) is 47.2 Å². The number of benzene rings is 3. The SMILES string of the molecule is COc1ccc(SCc2ccc(C(=O)N3C4CCC3CC(Oc3cc(C)ccc3Cl)C4)cc2)cc1. The van der Waals surface area contributed by atoms with Crippen molar-refractivity contribution in [3.63, 3.8) is 0 Å². The molecule has 2 saturated heterocycles. The Morgan fingerprint density at radius 3 is 2.34 bits per heavy atom. The van der Waals surface area contributed by atoms with E-state index in [0.717, 1.165) is 54.1 Å². The fraction of sp³-hybridized carbons (Fsp3) is 0.345. The lowest BCUT2D eigenvalue weighted by molar-refractivity contribution is 0.0359. The van der Waals surface area contributed by atoms with Gasteiger partial charge in [-0.15, -0.1) is 11.8 Å². The van der Waals surface area contributed by atoms with Gasteiger partial charge in [-0.2, -0.15) is 0 Å². The van der Waals surface area contributed by atoms with Gasteiger partial charge in [0.05, 0.1) is 12.1 Å². The normalized spacial score (nSPS) is 21.1. The first-order chi connectivity index (χ1) is 17.0. The van der Waals surface area contributed by atoms with Crippen LogP contribution >= 0.6 is 23.4 Å². The minimum Gasteiger partial charge on any atom is -0.497 e. The fourth-order valence-corrected chi connectivity index (χ4v) is 6.18. The molecular formula is C29H30ClNO3S. The molecule has 1 amide bonds. The minimum absolute atomic E-state index is 0.0909. The monoisotopic (exact) mass is 507 g/mol. The van der Waals surface area contributed by atoms with E-state index < -0.39 is 0 Å². The zero-order valence-corrected chi connectivity index (χ0v) is 21.6. The van der Waals surface area contributed by atoms with Crippen LogP contribution < -0.4 is 9.47 Å². The zero-order valence-electron chi connectivity index (χ0n) is 20.1. The number of carbonyl (C=O) groups excluding carboxylic acids is 1. The van der Waals surface area contributed by atoms with Crippen molar-refractivity contribution in [1.29, 1.82) is 0 Å². The third-order valence-corrected chi connectivity index (χ3v) is 8.37. The predicted molar refractivity (Wildman–Crippen MR) is 142 cm³/mol. The number of fused-ring (bicyclic) bond motifs is 2. The highest BCUT2D eigenvalue weighted by Crippen LogP contribution is 2.39. The quantitative estimate of drug-likeness (QED) is 0.318. The molecule has 0 saturated carbocycles.